The highest BCUT2D eigenvalue weighted by Gasteiger charge is 2.35. The summed E-state index contributed by atoms with van der Waals surface area (Å²) in [6, 6.07) is 0. The molecule has 0 spiro atoms. The fourth-order valence-corrected chi connectivity index (χ4v) is 7.20. The molecule has 0 heterocycles. The molecule has 0 amide bonds. The summed E-state index contributed by atoms with van der Waals surface area (Å²) in [7, 11) is -4.60. The molecule has 0 aromatic carbocycles. The number of hydrogen-bond donors (Lipinski definition) is 3. The topological polar surface area (TPSA) is 149 Å². The molecule has 11 heteroatoms. The Labute approximate surface area is 304 Å². The standard InChI is InChI=1S/C39H75O10P/c1-3-5-7-9-10-11-12-13-14-15-16-19-23-27-38(42)46-32-37(33-48-50(44,45)47-31-36(41)30-40)49-39(43)28-24-20-17-18-22-26-35-29-34(35)25-21-8-6-4-2/h34-37,40-41H,3-33H2,1-2H3,(H,44,45)/t34-,35+,36-,37-/m1/s1. The number of carbonyl (C=O) groups excluding carboxylic acids is 2. The summed E-state index contributed by atoms with van der Waals surface area (Å²) in [5.74, 6) is 0.973. The van der Waals surface area contributed by atoms with Crippen LogP contribution < -0.4 is 0 Å². The summed E-state index contributed by atoms with van der Waals surface area (Å²) in [6.07, 6.45) is 28.3. The number of rotatable bonds is 37. The number of aliphatic hydroxyl groups excluding tert-OH is 2. The first-order valence-corrected chi connectivity index (χ1v) is 22.0. The second-order valence-electron chi connectivity index (χ2n) is 14.6. The molecule has 5 atom stereocenters. The number of hydrogen-bond acceptors (Lipinski definition) is 9. The van der Waals surface area contributed by atoms with Crippen LogP contribution in [0.1, 0.15) is 187 Å². The van der Waals surface area contributed by atoms with Crippen LogP contribution in [-0.2, 0) is 32.7 Å². The lowest BCUT2D eigenvalue weighted by Gasteiger charge is -2.20. The van der Waals surface area contributed by atoms with Crippen LogP contribution in [0.3, 0.4) is 0 Å². The maximum atomic E-state index is 12.6. The van der Waals surface area contributed by atoms with Crippen LogP contribution >= 0.6 is 7.82 Å². The van der Waals surface area contributed by atoms with E-state index in [-0.39, 0.29) is 19.4 Å². The number of esters is 2. The van der Waals surface area contributed by atoms with Gasteiger partial charge in [-0.05, 0) is 31.1 Å². The van der Waals surface area contributed by atoms with Gasteiger partial charge in [-0.15, -0.1) is 0 Å². The summed E-state index contributed by atoms with van der Waals surface area (Å²) in [4.78, 5) is 34.9. The molecule has 0 aromatic heterocycles. The highest BCUT2D eigenvalue weighted by Crippen LogP contribution is 2.46. The Balaban J connectivity index is 2.27. The number of ether oxygens (including phenoxy) is 2. The zero-order valence-electron chi connectivity index (χ0n) is 31.9. The Kier molecular flexibility index (Phi) is 29.6. The Morgan fingerprint density at radius 3 is 1.54 bits per heavy atom. The minimum absolute atomic E-state index is 0.196. The van der Waals surface area contributed by atoms with Gasteiger partial charge in [0.05, 0.1) is 19.8 Å². The molecule has 0 radical (unpaired) electrons. The van der Waals surface area contributed by atoms with Crippen molar-refractivity contribution in [2.75, 3.05) is 26.4 Å². The van der Waals surface area contributed by atoms with Crippen LogP contribution in [0.25, 0.3) is 0 Å². The number of carbonyl (C=O) groups is 2. The third-order valence-electron chi connectivity index (χ3n) is 9.73. The minimum atomic E-state index is -4.60. The van der Waals surface area contributed by atoms with Gasteiger partial charge in [-0.3, -0.25) is 18.6 Å². The molecule has 0 aromatic rings. The van der Waals surface area contributed by atoms with Crippen molar-refractivity contribution in [1.29, 1.82) is 0 Å². The van der Waals surface area contributed by atoms with Gasteiger partial charge >= 0.3 is 19.8 Å². The zero-order valence-corrected chi connectivity index (χ0v) is 32.8. The largest absolute Gasteiger partial charge is 0.472 e. The third kappa shape index (κ3) is 28.5. The normalized spacial score (nSPS) is 18.0. The summed E-state index contributed by atoms with van der Waals surface area (Å²) in [6.45, 7) is 2.41. The van der Waals surface area contributed by atoms with Crippen LogP contribution in [0.2, 0.25) is 0 Å². The van der Waals surface area contributed by atoms with Crippen molar-refractivity contribution in [2.45, 2.75) is 199 Å². The van der Waals surface area contributed by atoms with Crippen LogP contribution in [0.4, 0.5) is 0 Å². The first-order chi connectivity index (χ1) is 24.2. The van der Waals surface area contributed by atoms with Gasteiger partial charge in [-0.25, -0.2) is 4.57 Å². The van der Waals surface area contributed by atoms with Crippen LogP contribution in [0.15, 0.2) is 0 Å². The quantitative estimate of drug-likeness (QED) is 0.0320. The average molecular weight is 735 g/mol. The van der Waals surface area contributed by atoms with Crippen molar-refractivity contribution >= 4 is 19.8 Å². The Hall–Kier alpha value is -1.03. The molecule has 0 aliphatic heterocycles. The fraction of sp³-hybridized carbons (Fsp3) is 0.949. The second-order valence-corrected chi connectivity index (χ2v) is 16.0. The molecule has 1 rings (SSSR count). The van der Waals surface area contributed by atoms with Crippen molar-refractivity contribution in [3.8, 4) is 0 Å². The van der Waals surface area contributed by atoms with Gasteiger partial charge in [0.1, 0.15) is 12.7 Å². The minimum Gasteiger partial charge on any atom is -0.462 e. The molecule has 296 valence electrons. The van der Waals surface area contributed by atoms with Crippen molar-refractivity contribution in [2.24, 2.45) is 11.8 Å². The van der Waals surface area contributed by atoms with Crippen LogP contribution in [0, 0.1) is 11.8 Å². The highest BCUT2D eigenvalue weighted by molar-refractivity contribution is 7.47. The van der Waals surface area contributed by atoms with Crippen LogP contribution in [-0.4, -0.2) is 65.7 Å². The molecule has 10 nitrogen and oxygen atoms in total. The lowest BCUT2D eigenvalue weighted by Crippen LogP contribution is -2.29. The number of aliphatic hydroxyl groups is 2. The number of phosphoric acid groups is 1. The van der Waals surface area contributed by atoms with Gasteiger partial charge in [0.2, 0.25) is 0 Å². The smallest absolute Gasteiger partial charge is 0.462 e. The predicted molar refractivity (Wildman–Crippen MR) is 199 cm³/mol. The van der Waals surface area contributed by atoms with E-state index in [1.54, 1.807) is 0 Å². The summed E-state index contributed by atoms with van der Waals surface area (Å²) < 4.78 is 32.7. The number of unbranched alkanes of at least 4 members (excludes halogenated alkanes) is 19. The summed E-state index contributed by atoms with van der Waals surface area (Å²) >= 11 is 0. The average Bonchev–Trinajstić information content (AvgIpc) is 3.86. The molecule has 1 unspecified atom stereocenters. The van der Waals surface area contributed by atoms with E-state index in [4.69, 9.17) is 19.1 Å². The van der Waals surface area contributed by atoms with Gasteiger partial charge in [-0.2, -0.15) is 0 Å². The molecular weight excluding hydrogens is 659 g/mol. The molecule has 1 aliphatic rings. The van der Waals surface area contributed by atoms with Crippen molar-refractivity contribution in [3.05, 3.63) is 0 Å². The lowest BCUT2D eigenvalue weighted by molar-refractivity contribution is -0.161. The van der Waals surface area contributed by atoms with E-state index in [9.17, 15) is 24.2 Å². The molecule has 1 aliphatic carbocycles. The van der Waals surface area contributed by atoms with E-state index in [2.05, 4.69) is 18.4 Å². The van der Waals surface area contributed by atoms with Crippen LogP contribution in [0.5, 0.6) is 0 Å². The van der Waals surface area contributed by atoms with Crippen molar-refractivity contribution < 1.29 is 47.8 Å². The van der Waals surface area contributed by atoms with E-state index in [1.807, 2.05) is 0 Å². The van der Waals surface area contributed by atoms with Crippen molar-refractivity contribution in [1.82, 2.24) is 0 Å². The first-order valence-electron chi connectivity index (χ1n) is 20.5. The Morgan fingerprint density at radius 2 is 1.04 bits per heavy atom. The zero-order chi connectivity index (χ0) is 36.7. The van der Waals surface area contributed by atoms with Gasteiger partial charge in [-0.1, -0.05) is 155 Å². The SMILES string of the molecule is CCCCCCCCCCCCCCCC(=O)OC[C@H](COP(=O)(O)OC[C@H](O)CO)OC(=O)CCCCCCC[C@H]1C[C@H]1CCCCCC. The molecule has 3 N–H and O–H groups in total. The summed E-state index contributed by atoms with van der Waals surface area (Å²) in [5.41, 5.74) is 0. The molecule has 1 fully saturated rings. The van der Waals surface area contributed by atoms with E-state index in [0.29, 0.717) is 12.8 Å². The van der Waals surface area contributed by atoms with Crippen molar-refractivity contribution in [3.63, 3.8) is 0 Å². The van der Waals surface area contributed by atoms with Gasteiger partial charge < -0.3 is 24.6 Å². The Bertz CT molecular complexity index is 872. The molecule has 0 bridgehead atoms. The van der Waals surface area contributed by atoms with E-state index < -0.39 is 51.8 Å². The molecule has 50 heavy (non-hydrogen) atoms. The molecule has 0 saturated heterocycles. The lowest BCUT2D eigenvalue weighted by atomic mass is 10.0. The maximum absolute atomic E-state index is 12.6. The van der Waals surface area contributed by atoms with Gasteiger partial charge in [0, 0.05) is 12.8 Å². The predicted octanol–water partition coefficient (Wildman–Crippen LogP) is 9.75. The first kappa shape index (κ1) is 47.0. The van der Waals surface area contributed by atoms with Gasteiger partial charge in [0.15, 0.2) is 6.10 Å². The maximum Gasteiger partial charge on any atom is 0.472 e. The van der Waals surface area contributed by atoms with E-state index in [1.165, 1.54) is 116 Å². The molecular formula is C39H75O10P. The van der Waals surface area contributed by atoms with E-state index in [0.717, 1.165) is 43.9 Å². The number of phosphoric ester groups is 1. The Morgan fingerprint density at radius 1 is 0.620 bits per heavy atom. The third-order valence-corrected chi connectivity index (χ3v) is 10.7. The van der Waals surface area contributed by atoms with Gasteiger partial charge in [0.25, 0.3) is 0 Å². The summed E-state index contributed by atoms with van der Waals surface area (Å²) in [5, 5.41) is 18.3. The monoisotopic (exact) mass is 735 g/mol. The highest BCUT2D eigenvalue weighted by atomic mass is 31.2. The van der Waals surface area contributed by atoms with E-state index >= 15 is 0 Å². The molecule has 1 saturated carbocycles. The second kappa shape index (κ2) is 31.5. The fourth-order valence-electron chi connectivity index (χ4n) is 6.41.